The Morgan fingerprint density at radius 3 is 2.50 bits per heavy atom. The highest BCUT2D eigenvalue weighted by Crippen LogP contribution is 2.22. The van der Waals surface area contributed by atoms with Gasteiger partial charge in [-0.05, 0) is 55.8 Å². The summed E-state index contributed by atoms with van der Waals surface area (Å²) < 4.78 is 2.03. The largest absolute Gasteiger partial charge is 0.354 e. The van der Waals surface area contributed by atoms with E-state index in [9.17, 15) is 4.79 Å². The van der Waals surface area contributed by atoms with Crippen LogP contribution in [-0.4, -0.2) is 64.3 Å². The van der Waals surface area contributed by atoms with Gasteiger partial charge in [0.05, 0.1) is 5.75 Å². The number of nitrogens with one attached hydrogen (secondary N) is 1. The number of likely N-dealkylation sites (N-methyl/N-ethyl adjacent to an activating group) is 1. The van der Waals surface area contributed by atoms with Crippen LogP contribution in [0, 0.1) is 13.8 Å². The van der Waals surface area contributed by atoms with Gasteiger partial charge in [-0.3, -0.25) is 9.36 Å². The van der Waals surface area contributed by atoms with Gasteiger partial charge in [-0.2, -0.15) is 0 Å². The normalized spacial score (nSPS) is 14.5. The van der Waals surface area contributed by atoms with Crippen molar-refractivity contribution < 1.29 is 4.79 Å². The molecule has 2 aromatic heterocycles. The van der Waals surface area contributed by atoms with Gasteiger partial charge in [-0.1, -0.05) is 23.9 Å². The molecule has 1 aliphatic rings. The number of aryl methyl sites for hydroxylation is 2. The SMILES string of the molecule is Cc1cc(C)cc(-n2ccnc2SCC(=O)NCc2ccc(N3CCN(C)CC3)nc2)c1. The fraction of sp³-hybridized carbons (Fsp3) is 0.375. The number of hydrogen-bond acceptors (Lipinski definition) is 6. The summed E-state index contributed by atoms with van der Waals surface area (Å²) in [5.74, 6) is 1.30. The van der Waals surface area contributed by atoms with Crippen LogP contribution in [0.2, 0.25) is 0 Å². The van der Waals surface area contributed by atoms with E-state index in [0.717, 1.165) is 48.4 Å². The smallest absolute Gasteiger partial charge is 0.230 e. The molecule has 4 rings (SSSR count). The summed E-state index contributed by atoms with van der Waals surface area (Å²) in [5, 5.41) is 3.80. The Bertz CT molecular complexity index is 1040. The van der Waals surface area contributed by atoms with Crippen molar-refractivity contribution in [2.24, 2.45) is 0 Å². The monoisotopic (exact) mass is 450 g/mol. The maximum atomic E-state index is 12.4. The fourth-order valence-corrected chi connectivity index (χ4v) is 4.61. The van der Waals surface area contributed by atoms with Crippen LogP contribution in [0.15, 0.2) is 54.1 Å². The lowest BCUT2D eigenvalue weighted by Gasteiger charge is -2.33. The van der Waals surface area contributed by atoms with Gasteiger partial charge in [0.25, 0.3) is 0 Å². The summed E-state index contributed by atoms with van der Waals surface area (Å²) in [5.41, 5.74) is 4.47. The summed E-state index contributed by atoms with van der Waals surface area (Å²) in [6, 6.07) is 10.5. The third kappa shape index (κ3) is 5.69. The van der Waals surface area contributed by atoms with Crippen molar-refractivity contribution >= 4 is 23.5 Å². The summed E-state index contributed by atoms with van der Waals surface area (Å²) in [6.07, 6.45) is 5.56. The first-order valence-corrected chi connectivity index (χ1v) is 11.9. The highest BCUT2D eigenvalue weighted by Gasteiger charge is 2.15. The minimum absolute atomic E-state index is 0.0203. The molecule has 0 atom stereocenters. The third-order valence-corrected chi connectivity index (χ3v) is 6.52. The average Bonchev–Trinajstić information content (AvgIpc) is 3.25. The van der Waals surface area contributed by atoms with Gasteiger partial charge in [0.1, 0.15) is 5.82 Å². The Morgan fingerprint density at radius 1 is 1.06 bits per heavy atom. The molecule has 3 aromatic rings. The molecule has 1 fully saturated rings. The standard InChI is InChI=1S/C24H30N6OS/c1-18-12-19(2)14-21(13-18)30-7-6-25-24(30)32-17-23(31)27-16-20-4-5-22(26-15-20)29-10-8-28(3)9-11-29/h4-7,12-15H,8-11,16-17H2,1-3H3,(H,27,31). The highest BCUT2D eigenvalue weighted by atomic mass is 32.2. The van der Waals surface area contributed by atoms with Gasteiger partial charge in [0, 0.05) is 57.0 Å². The van der Waals surface area contributed by atoms with Crippen molar-refractivity contribution in [2.45, 2.75) is 25.5 Å². The minimum atomic E-state index is -0.0203. The fourth-order valence-electron chi connectivity index (χ4n) is 3.81. The summed E-state index contributed by atoms with van der Waals surface area (Å²) in [7, 11) is 2.14. The minimum Gasteiger partial charge on any atom is -0.354 e. The molecular formula is C24H30N6OS. The zero-order chi connectivity index (χ0) is 22.5. The molecule has 0 saturated carbocycles. The molecular weight excluding hydrogens is 420 g/mol. The number of benzene rings is 1. The lowest BCUT2D eigenvalue weighted by Crippen LogP contribution is -2.44. The van der Waals surface area contributed by atoms with E-state index in [-0.39, 0.29) is 5.91 Å². The number of thioether (sulfide) groups is 1. The van der Waals surface area contributed by atoms with Crippen molar-refractivity contribution in [3.63, 3.8) is 0 Å². The Balaban J connectivity index is 1.28. The van der Waals surface area contributed by atoms with Gasteiger partial charge in [0.2, 0.25) is 5.91 Å². The van der Waals surface area contributed by atoms with Crippen LogP contribution in [0.4, 0.5) is 5.82 Å². The Kier molecular flexibility index (Phi) is 7.12. The quantitative estimate of drug-likeness (QED) is 0.558. The van der Waals surface area contributed by atoms with Crippen molar-refractivity contribution in [3.05, 3.63) is 65.6 Å². The molecule has 32 heavy (non-hydrogen) atoms. The third-order valence-electron chi connectivity index (χ3n) is 5.55. The molecule has 0 aliphatic carbocycles. The second-order valence-electron chi connectivity index (χ2n) is 8.31. The predicted molar refractivity (Wildman–Crippen MR) is 130 cm³/mol. The number of amides is 1. The van der Waals surface area contributed by atoms with E-state index in [1.807, 2.05) is 29.1 Å². The maximum absolute atomic E-state index is 12.4. The topological polar surface area (TPSA) is 66.3 Å². The molecule has 1 aliphatic heterocycles. The summed E-state index contributed by atoms with van der Waals surface area (Å²) in [4.78, 5) is 26.1. The second-order valence-corrected chi connectivity index (χ2v) is 9.25. The van der Waals surface area contributed by atoms with Gasteiger partial charge in [-0.25, -0.2) is 9.97 Å². The van der Waals surface area contributed by atoms with Crippen LogP contribution in [-0.2, 0) is 11.3 Å². The molecule has 168 valence electrons. The second kappa shape index (κ2) is 10.2. The van der Waals surface area contributed by atoms with E-state index in [2.05, 4.69) is 64.2 Å². The Morgan fingerprint density at radius 2 is 1.81 bits per heavy atom. The zero-order valence-corrected chi connectivity index (χ0v) is 19.7. The van der Waals surface area contributed by atoms with Crippen molar-refractivity contribution in [2.75, 3.05) is 43.9 Å². The van der Waals surface area contributed by atoms with Crippen molar-refractivity contribution in [1.82, 2.24) is 24.8 Å². The number of rotatable bonds is 7. The van der Waals surface area contributed by atoms with Gasteiger partial charge in [0.15, 0.2) is 5.16 Å². The van der Waals surface area contributed by atoms with Gasteiger partial charge in [-0.15, -0.1) is 0 Å². The van der Waals surface area contributed by atoms with Crippen molar-refractivity contribution in [3.8, 4) is 5.69 Å². The van der Waals surface area contributed by atoms with E-state index < -0.39 is 0 Å². The Labute approximate surface area is 193 Å². The van der Waals surface area contributed by atoms with E-state index in [1.165, 1.54) is 22.9 Å². The van der Waals surface area contributed by atoms with Crippen LogP contribution < -0.4 is 10.2 Å². The van der Waals surface area contributed by atoms with Gasteiger partial charge >= 0.3 is 0 Å². The van der Waals surface area contributed by atoms with Crippen LogP contribution in [0.5, 0.6) is 0 Å². The lowest BCUT2D eigenvalue weighted by molar-refractivity contribution is -0.118. The van der Waals surface area contributed by atoms with Crippen LogP contribution in [0.25, 0.3) is 5.69 Å². The number of carbonyl (C=O) groups excluding carboxylic acids is 1. The lowest BCUT2D eigenvalue weighted by atomic mass is 10.1. The molecule has 7 nitrogen and oxygen atoms in total. The first kappa shape index (κ1) is 22.4. The highest BCUT2D eigenvalue weighted by molar-refractivity contribution is 7.99. The van der Waals surface area contributed by atoms with Crippen LogP contribution >= 0.6 is 11.8 Å². The number of piperazine rings is 1. The number of anilines is 1. The van der Waals surface area contributed by atoms with Crippen LogP contribution in [0.1, 0.15) is 16.7 Å². The molecule has 8 heteroatoms. The van der Waals surface area contributed by atoms with Gasteiger partial charge < -0.3 is 15.1 Å². The van der Waals surface area contributed by atoms with E-state index in [1.54, 1.807) is 6.20 Å². The number of nitrogens with zero attached hydrogens (tertiary/aromatic N) is 5. The zero-order valence-electron chi connectivity index (χ0n) is 18.9. The molecule has 0 bridgehead atoms. The predicted octanol–water partition coefficient (Wildman–Crippen LogP) is 3.04. The summed E-state index contributed by atoms with van der Waals surface area (Å²) >= 11 is 1.44. The molecule has 0 unspecified atom stereocenters. The molecule has 1 N–H and O–H groups in total. The molecule has 1 amide bonds. The maximum Gasteiger partial charge on any atom is 0.230 e. The van der Waals surface area contributed by atoms with Crippen LogP contribution in [0.3, 0.4) is 0 Å². The number of hydrogen-bond donors (Lipinski definition) is 1. The molecule has 0 spiro atoms. The molecule has 3 heterocycles. The number of imidazole rings is 1. The molecule has 1 aromatic carbocycles. The van der Waals surface area contributed by atoms with E-state index >= 15 is 0 Å². The average molecular weight is 451 g/mol. The summed E-state index contributed by atoms with van der Waals surface area (Å²) in [6.45, 7) is 8.74. The number of carbonyl (C=O) groups is 1. The van der Waals surface area contributed by atoms with Crippen molar-refractivity contribution in [1.29, 1.82) is 0 Å². The van der Waals surface area contributed by atoms with E-state index in [0.29, 0.717) is 12.3 Å². The Hall–Kier alpha value is -2.84. The first-order chi connectivity index (χ1) is 15.5. The first-order valence-electron chi connectivity index (χ1n) is 10.9. The van der Waals surface area contributed by atoms with E-state index in [4.69, 9.17) is 0 Å². The number of pyridine rings is 1. The molecule has 1 saturated heterocycles. The molecule has 0 radical (unpaired) electrons. The number of aromatic nitrogens is 3.